The fourth-order valence-corrected chi connectivity index (χ4v) is 3.89. The van der Waals surface area contributed by atoms with Crippen molar-refractivity contribution in [2.75, 3.05) is 23.3 Å². The molecule has 0 spiro atoms. The molecule has 1 aromatic carbocycles. The van der Waals surface area contributed by atoms with Gasteiger partial charge in [0.25, 0.3) is 5.56 Å². The minimum absolute atomic E-state index is 0.0142. The maximum Gasteiger partial charge on any atom is 0.254 e. The molecule has 3 aromatic rings. The summed E-state index contributed by atoms with van der Waals surface area (Å²) < 4.78 is 0. The van der Waals surface area contributed by atoms with Gasteiger partial charge in [-0.2, -0.15) is 5.26 Å². The van der Waals surface area contributed by atoms with Crippen molar-refractivity contribution in [1.29, 1.82) is 5.26 Å². The van der Waals surface area contributed by atoms with E-state index in [0.29, 0.717) is 18.7 Å². The molecule has 0 aliphatic carbocycles. The Morgan fingerprint density at radius 1 is 1.31 bits per heavy atom. The van der Waals surface area contributed by atoms with Crippen molar-refractivity contribution in [3.05, 3.63) is 57.7 Å². The number of pyridine rings is 1. The monoisotopic (exact) mass is 364 g/mol. The summed E-state index contributed by atoms with van der Waals surface area (Å²) in [5, 5.41) is 15.7. The number of carbonyl (C=O) groups excluding carboxylic acids is 1. The van der Waals surface area contributed by atoms with Gasteiger partial charge < -0.3 is 15.2 Å². The number of para-hydroxylation sites is 1. The molecule has 2 N–H and O–H groups in total. The number of anilines is 2. The third-order valence-electron chi connectivity index (χ3n) is 4.58. The summed E-state index contributed by atoms with van der Waals surface area (Å²) in [7, 11) is 0. The number of nitrogens with one attached hydrogen (secondary N) is 2. The molecular formula is C19H16N4O2S. The third kappa shape index (κ3) is 2.85. The zero-order valence-electron chi connectivity index (χ0n) is 13.9. The van der Waals surface area contributed by atoms with Crippen LogP contribution in [0.25, 0.3) is 10.9 Å². The Hall–Kier alpha value is -3.11. The van der Waals surface area contributed by atoms with Gasteiger partial charge in [0.15, 0.2) is 0 Å². The van der Waals surface area contributed by atoms with Gasteiger partial charge in [-0.05, 0) is 23.6 Å². The van der Waals surface area contributed by atoms with E-state index in [1.54, 1.807) is 0 Å². The Kier molecular flexibility index (Phi) is 4.19. The van der Waals surface area contributed by atoms with Gasteiger partial charge in [-0.15, -0.1) is 11.3 Å². The van der Waals surface area contributed by atoms with E-state index in [1.165, 1.54) is 11.3 Å². The largest absolute Gasteiger partial charge is 0.369 e. The van der Waals surface area contributed by atoms with Crippen LogP contribution in [0.3, 0.4) is 0 Å². The van der Waals surface area contributed by atoms with Gasteiger partial charge in [0.05, 0.1) is 40.2 Å². The lowest BCUT2D eigenvalue weighted by atomic mass is 9.95. The third-order valence-corrected chi connectivity index (χ3v) is 5.37. The van der Waals surface area contributed by atoms with Crippen molar-refractivity contribution in [2.45, 2.75) is 6.42 Å². The number of aromatic nitrogens is 1. The Labute approximate surface area is 153 Å². The normalized spacial score (nSPS) is 14.0. The molecule has 1 aliphatic rings. The molecule has 2 aromatic heterocycles. The highest BCUT2D eigenvalue weighted by molar-refractivity contribution is 7.14. The zero-order valence-corrected chi connectivity index (χ0v) is 14.7. The molecule has 26 heavy (non-hydrogen) atoms. The van der Waals surface area contributed by atoms with Crippen LogP contribution in [0.4, 0.5) is 10.7 Å². The lowest BCUT2D eigenvalue weighted by Crippen LogP contribution is -2.52. The van der Waals surface area contributed by atoms with Crippen LogP contribution in [-0.2, 0) is 11.2 Å². The zero-order chi connectivity index (χ0) is 18.1. The van der Waals surface area contributed by atoms with E-state index in [4.69, 9.17) is 5.26 Å². The molecule has 130 valence electrons. The molecule has 3 heterocycles. The number of amides is 1. The van der Waals surface area contributed by atoms with Crippen molar-refractivity contribution < 1.29 is 4.79 Å². The molecule has 6 nitrogen and oxygen atoms in total. The number of hydrogen-bond donors (Lipinski definition) is 2. The first-order valence-electron chi connectivity index (χ1n) is 8.27. The molecule has 0 saturated carbocycles. The van der Waals surface area contributed by atoms with Gasteiger partial charge in [0.2, 0.25) is 5.91 Å². The van der Waals surface area contributed by atoms with Crippen LogP contribution >= 0.6 is 11.3 Å². The smallest absolute Gasteiger partial charge is 0.254 e. The lowest BCUT2D eigenvalue weighted by molar-refractivity contribution is -0.120. The fraction of sp³-hybridized carbons (Fsp3) is 0.211. The summed E-state index contributed by atoms with van der Waals surface area (Å²) in [6.45, 7) is 1.06. The molecule has 1 saturated heterocycles. The molecule has 1 fully saturated rings. The Morgan fingerprint density at radius 2 is 2.12 bits per heavy atom. The number of aromatic amines is 1. The number of H-pyrrole nitrogens is 1. The second-order valence-electron chi connectivity index (χ2n) is 6.23. The minimum atomic E-state index is -0.244. The van der Waals surface area contributed by atoms with Crippen LogP contribution in [0.5, 0.6) is 0 Å². The van der Waals surface area contributed by atoms with Gasteiger partial charge in [-0.1, -0.05) is 18.2 Å². The summed E-state index contributed by atoms with van der Waals surface area (Å²) in [5.74, 6) is -0.148. The fourth-order valence-electron chi connectivity index (χ4n) is 3.27. The predicted octanol–water partition coefficient (Wildman–Crippen LogP) is 2.73. The van der Waals surface area contributed by atoms with Gasteiger partial charge in [-0.25, -0.2) is 0 Å². The number of nitriles is 1. The standard InChI is InChI=1S/C19H16N4O2S/c20-8-7-14-17(13-4-1-2-5-15(13)21-19(14)25)23-10-12(11-23)18(24)22-16-6-3-9-26-16/h1-6,9,12H,7,10-11H2,(H,21,25)(H,22,24). The summed E-state index contributed by atoms with van der Waals surface area (Å²) in [6.07, 6.45) is 0.0397. The van der Waals surface area contributed by atoms with Crippen LogP contribution < -0.4 is 15.8 Å². The average molecular weight is 364 g/mol. The number of nitrogens with zero attached hydrogens (tertiary/aromatic N) is 2. The highest BCUT2D eigenvalue weighted by Crippen LogP contribution is 2.33. The average Bonchev–Trinajstić information content (AvgIpc) is 3.09. The second-order valence-corrected chi connectivity index (χ2v) is 7.18. The number of rotatable bonds is 4. The molecule has 1 aliphatic heterocycles. The van der Waals surface area contributed by atoms with E-state index in [1.807, 2.05) is 46.7 Å². The van der Waals surface area contributed by atoms with Gasteiger partial charge in [0, 0.05) is 18.5 Å². The van der Waals surface area contributed by atoms with E-state index in [9.17, 15) is 9.59 Å². The molecular weight excluding hydrogens is 348 g/mol. The molecule has 0 unspecified atom stereocenters. The summed E-state index contributed by atoms with van der Waals surface area (Å²) in [5.41, 5.74) is 1.72. The highest BCUT2D eigenvalue weighted by Gasteiger charge is 2.35. The maximum absolute atomic E-state index is 12.4. The molecule has 0 radical (unpaired) electrons. The van der Waals surface area contributed by atoms with E-state index in [-0.39, 0.29) is 23.8 Å². The molecule has 1 amide bonds. The van der Waals surface area contributed by atoms with Crippen LogP contribution in [0, 0.1) is 17.2 Å². The van der Waals surface area contributed by atoms with Crippen molar-refractivity contribution in [3.8, 4) is 6.07 Å². The Bertz CT molecular complexity index is 1060. The van der Waals surface area contributed by atoms with Crippen LogP contribution in [0.2, 0.25) is 0 Å². The first-order valence-corrected chi connectivity index (χ1v) is 9.15. The second kappa shape index (κ2) is 6.65. The number of hydrogen-bond acceptors (Lipinski definition) is 5. The predicted molar refractivity (Wildman–Crippen MR) is 103 cm³/mol. The Balaban J connectivity index is 1.62. The lowest BCUT2D eigenvalue weighted by Gasteiger charge is -2.41. The van der Waals surface area contributed by atoms with Gasteiger partial charge >= 0.3 is 0 Å². The molecule has 4 rings (SSSR count). The topological polar surface area (TPSA) is 89.0 Å². The van der Waals surface area contributed by atoms with Crippen LogP contribution in [0.1, 0.15) is 5.56 Å². The molecule has 0 atom stereocenters. The van der Waals surface area contributed by atoms with Gasteiger partial charge in [0.1, 0.15) is 0 Å². The van der Waals surface area contributed by atoms with E-state index in [2.05, 4.69) is 16.4 Å². The number of carbonyl (C=O) groups is 1. The minimum Gasteiger partial charge on any atom is -0.369 e. The van der Waals surface area contributed by atoms with Crippen LogP contribution in [0.15, 0.2) is 46.6 Å². The Morgan fingerprint density at radius 3 is 2.85 bits per heavy atom. The van der Waals surface area contributed by atoms with Crippen LogP contribution in [-0.4, -0.2) is 24.0 Å². The summed E-state index contributed by atoms with van der Waals surface area (Å²) >= 11 is 1.49. The van der Waals surface area contributed by atoms with E-state index < -0.39 is 0 Å². The van der Waals surface area contributed by atoms with Crippen molar-refractivity contribution >= 4 is 38.8 Å². The maximum atomic E-state index is 12.4. The summed E-state index contributed by atoms with van der Waals surface area (Å²) in [4.78, 5) is 29.6. The first kappa shape index (κ1) is 16.4. The molecule has 0 bridgehead atoms. The van der Waals surface area contributed by atoms with E-state index >= 15 is 0 Å². The number of thiophene rings is 1. The number of fused-ring (bicyclic) bond motifs is 1. The molecule has 7 heteroatoms. The van der Waals surface area contributed by atoms with Gasteiger partial charge in [-0.3, -0.25) is 9.59 Å². The highest BCUT2D eigenvalue weighted by atomic mass is 32.1. The number of benzene rings is 1. The SMILES string of the molecule is N#CCc1c(N2CC(C(=O)Nc3cccs3)C2)c2ccccc2[nH]c1=O. The quantitative estimate of drug-likeness (QED) is 0.745. The van der Waals surface area contributed by atoms with E-state index in [0.717, 1.165) is 21.6 Å². The first-order chi connectivity index (χ1) is 12.7. The summed E-state index contributed by atoms with van der Waals surface area (Å²) in [6, 6.07) is 13.4. The van der Waals surface area contributed by atoms with Crippen molar-refractivity contribution in [2.24, 2.45) is 5.92 Å². The van der Waals surface area contributed by atoms with Crippen molar-refractivity contribution in [1.82, 2.24) is 4.98 Å². The van der Waals surface area contributed by atoms with Crippen molar-refractivity contribution in [3.63, 3.8) is 0 Å².